The van der Waals surface area contributed by atoms with Gasteiger partial charge < -0.3 is 15.0 Å². The van der Waals surface area contributed by atoms with Crippen LogP contribution in [0.4, 0.5) is 10.6 Å². The highest BCUT2D eigenvalue weighted by molar-refractivity contribution is 6.29. The molecule has 0 spiro atoms. The zero-order valence-corrected chi connectivity index (χ0v) is 17.9. The van der Waals surface area contributed by atoms with Crippen LogP contribution in [0, 0.1) is 0 Å². The summed E-state index contributed by atoms with van der Waals surface area (Å²) in [5.41, 5.74) is 1.01. The quantitative estimate of drug-likeness (QED) is 0.634. The molecule has 1 saturated heterocycles. The molecule has 9 nitrogen and oxygen atoms in total. The van der Waals surface area contributed by atoms with Gasteiger partial charge in [-0.3, -0.25) is 9.55 Å². The maximum absolute atomic E-state index is 12.4. The molecule has 0 bridgehead atoms. The molecule has 3 aromatic heterocycles. The van der Waals surface area contributed by atoms with Gasteiger partial charge in [0.1, 0.15) is 22.9 Å². The zero-order chi connectivity index (χ0) is 21.3. The molecule has 0 radical (unpaired) electrons. The SMILES string of the molecule is CC(C)(C)OC(=O)N1CCCC(Nc2cncc(-n3cnc4cc(Cl)ncc43)n2)C1. The van der Waals surface area contributed by atoms with Gasteiger partial charge >= 0.3 is 6.09 Å². The Morgan fingerprint density at radius 1 is 1.27 bits per heavy atom. The molecule has 1 fully saturated rings. The normalized spacial score (nSPS) is 17.2. The number of imidazole rings is 1. The fourth-order valence-electron chi connectivity index (χ4n) is 3.40. The molecular formula is C20H24ClN7O2. The number of carbonyl (C=O) groups excluding carboxylic acids is 1. The maximum Gasteiger partial charge on any atom is 0.410 e. The molecule has 1 unspecified atom stereocenters. The van der Waals surface area contributed by atoms with Gasteiger partial charge in [0, 0.05) is 25.2 Å². The summed E-state index contributed by atoms with van der Waals surface area (Å²) in [4.78, 5) is 31.6. The van der Waals surface area contributed by atoms with Crippen LogP contribution in [0.15, 0.2) is 31.0 Å². The van der Waals surface area contributed by atoms with Crippen LogP contribution in [0.25, 0.3) is 16.9 Å². The second-order valence-corrected chi connectivity index (χ2v) is 8.67. The lowest BCUT2D eigenvalue weighted by atomic mass is 10.1. The second kappa shape index (κ2) is 8.06. The van der Waals surface area contributed by atoms with Crippen LogP contribution in [-0.2, 0) is 4.74 Å². The summed E-state index contributed by atoms with van der Waals surface area (Å²) in [6, 6.07) is 1.77. The van der Waals surface area contributed by atoms with Gasteiger partial charge in [0.15, 0.2) is 5.82 Å². The molecule has 1 amide bonds. The average molecular weight is 430 g/mol. The number of nitrogens with one attached hydrogen (secondary N) is 1. The van der Waals surface area contributed by atoms with E-state index in [-0.39, 0.29) is 12.1 Å². The molecule has 1 atom stereocenters. The first kappa shape index (κ1) is 20.3. The number of likely N-dealkylation sites (tertiary alicyclic amines) is 1. The highest BCUT2D eigenvalue weighted by Crippen LogP contribution is 2.21. The number of nitrogens with zero attached hydrogens (tertiary/aromatic N) is 6. The van der Waals surface area contributed by atoms with E-state index in [1.165, 1.54) is 0 Å². The smallest absolute Gasteiger partial charge is 0.410 e. The van der Waals surface area contributed by atoms with Gasteiger partial charge in [-0.25, -0.2) is 19.7 Å². The van der Waals surface area contributed by atoms with Crippen molar-refractivity contribution in [3.63, 3.8) is 0 Å². The van der Waals surface area contributed by atoms with E-state index in [9.17, 15) is 4.79 Å². The number of halogens is 1. The predicted octanol–water partition coefficient (Wildman–Crippen LogP) is 3.68. The number of rotatable bonds is 3. The number of anilines is 1. The first-order valence-corrected chi connectivity index (χ1v) is 10.2. The van der Waals surface area contributed by atoms with Gasteiger partial charge in [-0.05, 0) is 33.6 Å². The molecule has 1 aliphatic rings. The number of carbonyl (C=O) groups is 1. The Bertz CT molecular complexity index is 1060. The Hall–Kier alpha value is -2.94. The molecular weight excluding hydrogens is 406 g/mol. The number of aromatic nitrogens is 5. The highest BCUT2D eigenvalue weighted by atomic mass is 35.5. The van der Waals surface area contributed by atoms with E-state index >= 15 is 0 Å². The van der Waals surface area contributed by atoms with Crippen LogP contribution in [0.3, 0.4) is 0 Å². The fourth-order valence-corrected chi connectivity index (χ4v) is 3.56. The third kappa shape index (κ3) is 4.62. The minimum absolute atomic E-state index is 0.0656. The molecule has 4 rings (SSSR count). The van der Waals surface area contributed by atoms with Crippen molar-refractivity contribution in [1.29, 1.82) is 0 Å². The van der Waals surface area contributed by atoms with E-state index in [0.29, 0.717) is 29.9 Å². The maximum atomic E-state index is 12.4. The van der Waals surface area contributed by atoms with Crippen LogP contribution in [0.2, 0.25) is 5.15 Å². The summed E-state index contributed by atoms with van der Waals surface area (Å²) >= 11 is 5.94. The molecule has 1 N–H and O–H groups in total. The summed E-state index contributed by atoms with van der Waals surface area (Å²) < 4.78 is 7.31. The topological polar surface area (TPSA) is 98.1 Å². The number of piperidine rings is 1. The van der Waals surface area contributed by atoms with Gasteiger partial charge in [-0.1, -0.05) is 11.6 Å². The van der Waals surface area contributed by atoms with Crippen LogP contribution < -0.4 is 5.32 Å². The van der Waals surface area contributed by atoms with Crippen molar-refractivity contribution >= 4 is 34.5 Å². The lowest BCUT2D eigenvalue weighted by Crippen LogP contribution is -2.47. The van der Waals surface area contributed by atoms with Crippen LogP contribution in [0.1, 0.15) is 33.6 Å². The summed E-state index contributed by atoms with van der Waals surface area (Å²) in [5, 5.41) is 3.78. The Morgan fingerprint density at radius 3 is 2.90 bits per heavy atom. The number of hydrogen-bond acceptors (Lipinski definition) is 7. The molecule has 158 valence electrons. The van der Waals surface area contributed by atoms with Crippen molar-refractivity contribution in [3.05, 3.63) is 36.1 Å². The Balaban J connectivity index is 1.48. The fraction of sp³-hybridized carbons (Fsp3) is 0.450. The molecule has 4 heterocycles. The second-order valence-electron chi connectivity index (χ2n) is 8.28. The van der Waals surface area contributed by atoms with Crippen molar-refractivity contribution in [2.24, 2.45) is 0 Å². The van der Waals surface area contributed by atoms with Crippen molar-refractivity contribution in [2.45, 2.75) is 45.3 Å². The van der Waals surface area contributed by atoms with E-state index in [4.69, 9.17) is 16.3 Å². The van der Waals surface area contributed by atoms with E-state index in [2.05, 4.69) is 25.3 Å². The molecule has 1 aliphatic heterocycles. The molecule has 3 aromatic rings. The summed E-state index contributed by atoms with van der Waals surface area (Å²) in [7, 11) is 0. The zero-order valence-electron chi connectivity index (χ0n) is 17.2. The van der Waals surface area contributed by atoms with Gasteiger partial charge in [-0.15, -0.1) is 0 Å². The van der Waals surface area contributed by atoms with E-state index < -0.39 is 5.60 Å². The standard InChI is InChI=1S/C20H24ClN7O2/c1-20(2,3)30-19(29)27-6-4-5-13(11-27)25-17-9-22-10-18(26-17)28-12-24-14-7-16(21)23-8-15(14)28/h7-10,12-13H,4-6,11H2,1-3H3,(H,25,26). The Morgan fingerprint density at radius 2 is 2.10 bits per heavy atom. The lowest BCUT2D eigenvalue weighted by Gasteiger charge is -2.34. The number of amides is 1. The van der Waals surface area contributed by atoms with Gasteiger partial charge in [0.25, 0.3) is 0 Å². The monoisotopic (exact) mass is 429 g/mol. The summed E-state index contributed by atoms with van der Waals surface area (Å²) in [5.74, 6) is 1.25. The van der Waals surface area contributed by atoms with Crippen molar-refractivity contribution in [1.82, 2.24) is 29.4 Å². The van der Waals surface area contributed by atoms with Crippen LogP contribution >= 0.6 is 11.6 Å². The average Bonchev–Trinajstić information content (AvgIpc) is 3.10. The first-order valence-electron chi connectivity index (χ1n) is 9.84. The first-order chi connectivity index (χ1) is 14.3. The van der Waals surface area contributed by atoms with Crippen molar-refractivity contribution in [3.8, 4) is 5.82 Å². The molecule has 0 aliphatic carbocycles. The van der Waals surface area contributed by atoms with Gasteiger partial charge in [0.2, 0.25) is 0 Å². The Labute approximate surface area is 179 Å². The largest absolute Gasteiger partial charge is 0.444 e. The molecule has 30 heavy (non-hydrogen) atoms. The van der Waals surface area contributed by atoms with Gasteiger partial charge in [-0.2, -0.15) is 0 Å². The van der Waals surface area contributed by atoms with Crippen molar-refractivity contribution in [2.75, 3.05) is 18.4 Å². The van der Waals surface area contributed by atoms with Crippen molar-refractivity contribution < 1.29 is 9.53 Å². The number of ether oxygens (including phenoxy) is 1. The Kier molecular flexibility index (Phi) is 5.46. The van der Waals surface area contributed by atoms with E-state index in [1.54, 1.807) is 35.9 Å². The van der Waals surface area contributed by atoms with Crippen LogP contribution in [0.5, 0.6) is 0 Å². The van der Waals surface area contributed by atoms with E-state index in [0.717, 1.165) is 23.9 Å². The summed E-state index contributed by atoms with van der Waals surface area (Å²) in [6.07, 6.45) is 8.20. The number of fused-ring (bicyclic) bond motifs is 1. The summed E-state index contributed by atoms with van der Waals surface area (Å²) in [6.45, 7) is 6.85. The van der Waals surface area contributed by atoms with E-state index in [1.807, 2.05) is 25.3 Å². The minimum Gasteiger partial charge on any atom is -0.444 e. The molecule has 10 heteroatoms. The predicted molar refractivity (Wildman–Crippen MR) is 114 cm³/mol. The third-order valence-corrected chi connectivity index (χ3v) is 4.90. The number of hydrogen-bond donors (Lipinski definition) is 1. The lowest BCUT2D eigenvalue weighted by molar-refractivity contribution is 0.0206. The van der Waals surface area contributed by atoms with Crippen LogP contribution in [-0.4, -0.2) is 60.2 Å². The third-order valence-electron chi connectivity index (χ3n) is 4.69. The minimum atomic E-state index is -0.510. The highest BCUT2D eigenvalue weighted by Gasteiger charge is 2.27. The molecule has 0 aromatic carbocycles. The molecule has 0 saturated carbocycles. The van der Waals surface area contributed by atoms with Gasteiger partial charge in [0.05, 0.1) is 29.6 Å². The number of pyridine rings is 1.